The van der Waals surface area contributed by atoms with Gasteiger partial charge in [-0.05, 0) is 56.8 Å². The molecule has 0 heterocycles. The quantitative estimate of drug-likeness (QED) is 0.745. The van der Waals surface area contributed by atoms with E-state index in [0.29, 0.717) is 25.0 Å². The van der Waals surface area contributed by atoms with Gasteiger partial charge >= 0.3 is 0 Å². The average Bonchev–Trinajstić information content (AvgIpc) is 2.35. The molecule has 0 saturated heterocycles. The Morgan fingerprint density at radius 2 is 1.68 bits per heavy atom. The largest absolute Gasteiger partial charge is 0.396 e. The molecule has 2 saturated carbocycles. The molecule has 0 spiro atoms. The number of hydrogen-bond donors (Lipinski definition) is 2. The molecule has 3 heteroatoms. The highest BCUT2D eigenvalue weighted by atomic mass is 16.3. The van der Waals surface area contributed by atoms with E-state index in [4.69, 9.17) is 5.11 Å². The summed E-state index contributed by atoms with van der Waals surface area (Å²) in [5.41, 5.74) is 0. The Hall–Kier alpha value is -0.570. The van der Waals surface area contributed by atoms with Crippen molar-refractivity contribution in [3.05, 3.63) is 0 Å². The van der Waals surface area contributed by atoms with Crippen molar-refractivity contribution < 1.29 is 9.90 Å². The molecule has 0 radical (unpaired) electrons. The van der Waals surface area contributed by atoms with Crippen LogP contribution >= 0.6 is 0 Å². The molecule has 0 aliphatic heterocycles. The third-order valence-corrected chi connectivity index (χ3v) is 4.99. The molecule has 2 aliphatic carbocycles. The summed E-state index contributed by atoms with van der Waals surface area (Å²) in [5.74, 6) is 1.85. The van der Waals surface area contributed by atoms with E-state index in [1.165, 1.54) is 25.7 Å². The number of carbonyl (C=O) groups is 1. The van der Waals surface area contributed by atoms with Crippen LogP contribution < -0.4 is 5.32 Å². The molecule has 2 fully saturated rings. The Labute approximate surface area is 117 Å². The molecule has 19 heavy (non-hydrogen) atoms. The molecule has 0 atom stereocenters. The fourth-order valence-corrected chi connectivity index (χ4v) is 3.41. The molecule has 2 aliphatic rings. The van der Waals surface area contributed by atoms with Crippen LogP contribution in [-0.2, 0) is 4.79 Å². The summed E-state index contributed by atoms with van der Waals surface area (Å²) >= 11 is 0. The van der Waals surface area contributed by atoms with Crippen LogP contribution in [0.3, 0.4) is 0 Å². The molecule has 1 amide bonds. The molecule has 2 N–H and O–H groups in total. The molecule has 0 aromatic heterocycles. The zero-order chi connectivity index (χ0) is 13.5. The Bertz CT molecular complexity index is 268. The molecule has 0 bridgehead atoms. The number of rotatable bonds is 7. The highest BCUT2D eigenvalue weighted by Crippen LogP contribution is 2.31. The smallest absolute Gasteiger partial charge is 0.220 e. The fraction of sp³-hybridized carbons (Fsp3) is 0.938. The van der Waals surface area contributed by atoms with Gasteiger partial charge in [0.15, 0.2) is 0 Å². The normalized spacial score (nSPS) is 27.8. The standard InChI is InChI=1S/C16H29NO2/c18-12-11-14-7-9-15(10-8-14)17-16(19)6-2-5-13-3-1-4-13/h13-15,18H,1-12H2,(H,17,19). The van der Waals surface area contributed by atoms with Crippen molar-refractivity contribution in [2.24, 2.45) is 11.8 Å². The average molecular weight is 267 g/mol. The number of carbonyl (C=O) groups excluding carboxylic acids is 1. The van der Waals surface area contributed by atoms with Gasteiger partial charge in [0, 0.05) is 19.1 Å². The monoisotopic (exact) mass is 267 g/mol. The van der Waals surface area contributed by atoms with Crippen LogP contribution in [0.25, 0.3) is 0 Å². The van der Waals surface area contributed by atoms with Gasteiger partial charge in [0.25, 0.3) is 0 Å². The Kier molecular flexibility index (Phi) is 6.15. The first-order valence-electron chi connectivity index (χ1n) is 8.18. The molecular weight excluding hydrogens is 238 g/mol. The lowest BCUT2D eigenvalue weighted by atomic mass is 9.82. The Morgan fingerprint density at radius 3 is 2.26 bits per heavy atom. The van der Waals surface area contributed by atoms with E-state index in [1.54, 1.807) is 0 Å². The van der Waals surface area contributed by atoms with Crippen LogP contribution in [0, 0.1) is 11.8 Å². The first kappa shape index (κ1) is 14.8. The van der Waals surface area contributed by atoms with Gasteiger partial charge in [-0.2, -0.15) is 0 Å². The lowest BCUT2D eigenvalue weighted by Gasteiger charge is -2.29. The third kappa shape index (κ3) is 5.13. The molecule has 0 unspecified atom stereocenters. The van der Waals surface area contributed by atoms with Crippen LogP contribution in [0.5, 0.6) is 0 Å². The number of amides is 1. The topological polar surface area (TPSA) is 49.3 Å². The first-order valence-corrected chi connectivity index (χ1v) is 8.18. The van der Waals surface area contributed by atoms with Gasteiger partial charge in [0.05, 0.1) is 0 Å². The molecule has 0 aromatic carbocycles. The number of hydrogen-bond acceptors (Lipinski definition) is 2. The van der Waals surface area contributed by atoms with Crippen molar-refractivity contribution in [2.45, 2.75) is 76.7 Å². The summed E-state index contributed by atoms with van der Waals surface area (Å²) in [4.78, 5) is 11.9. The summed E-state index contributed by atoms with van der Waals surface area (Å²) in [6.45, 7) is 0.308. The lowest BCUT2D eigenvalue weighted by Crippen LogP contribution is -2.37. The van der Waals surface area contributed by atoms with Gasteiger partial charge < -0.3 is 10.4 Å². The summed E-state index contributed by atoms with van der Waals surface area (Å²) < 4.78 is 0. The van der Waals surface area contributed by atoms with E-state index in [2.05, 4.69) is 5.32 Å². The molecule has 3 nitrogen and oxygen atoms in total. The van der Waals surface area contributed by atoms with E-state index in [-0.39, 0.29) is 5.91 Å². The Balaban J connectivity index is 1.52. The lowest BCUT2D eigenvalue weighted by molar-refractivity contribution is -0.122. The van der Waals surface area contributed by atoms with Gasteiger partial charge in [-0.15, -0.1) is 0 Å². The van der Waals surface area contributed by atoms with E-state index < -0.39 is 0 Å². The van der Waals surface area contributed by atoms with Gasteiger partial charge in [0.1, 0.15) is 0 Å². The highest BCUT2D eigenvalue weighted by molar-refractivity contribution is 5.76. The van der Waals surface area contributed by atoms with Crippen LogP contribution in [0.15, 0.2) is 0 Å². The van der Waals surface area contributed by atoms with Crippen molar-refractivity contribution in [1.82, 2.24) is 5.32 Å². The van der Waals surface area contributed by atoms with Crippen molar-refractivity contribution in [2.75, 3.05) is 6.61 Å². The summed E-state index contributed by atoms with van der Waals surface area (Å²) in [5, 5.41) is 12.1. The summed E-state index contributed by atoms with van der Waals surface area (Å²) in [6.07, 6.45) is 12.6. The van der Waals surface area contributed by atoms with E-state index in [0.717, 1.165) is 44.4 Å². The van der Waals surface area contributed by atoms with Crippen molar-refractivity contribution in [3.8, 4) is 0 Å². The maximum Gasteiger partial charge on any atom is 0.220 e. The number of nitrogens with one attached hydrogen (secondary N) is 1. The first-order chi connectivity index (χ1) is 9.28. The molecular formula is C16H29NO2. The van der Waals surface area contributed by atoms with Gasteiger partial charge in [-0.3, -0.25) is 4.79 Å². The third-order valence-electron chi connectivity index (χ3n) is 4.99. The fourth-order valence-electron chi connectivity index (χ4n) is 3.41. The highest BCUT2D eigenvalue weighted by Gasteiger charge is 2.22. The van der Waals surface area contributed by atoms with Crippen LogP contribution in [0.1, 0.15) is 70.6 Å². The minimum atomic E-state index is 0.255. The molecule has 2 rings (SSSR count). The minimum Gasteiger partial charge on any atom is -0.396 e. The van der Waals surface area contributed by atoms with E-state index >= 15 is 0 Å². The van der Waals surface area contributed by atoms with Gasteiger partial charge in [-0.25, -0.2) is 0 Å². The SMILES string of the molecule is O=C(CCCC1CCC1)NC1CCC(CCO)CC1. The second-order valence-corrected chi connectivity index (χ2v) is 6.49. The second kappa shape index (κ2) is 7.88. The van der Waals surface area contributed by atoms with E-state index in [9.17, 15) is 4.79 Å². The summed E-state index contributed by atoms with van der Waals surface area (Å²) in [6, 6.07) is 0.395. The summed E-state index contributed by atoms with van der Waals surface area (Å²) in [7, 11) is 0. The van der Waals surface area contributed by atoms with E-state index in [1.807, 2.05) is 0 Å². The van der Waals surface area contributed by atoms with Crippen molar-refractivity contribution in [3.63, 3.8) is 0 Å². The zero-order valence-corrected chi connectivity index (χ0v) is 12.1. The maximum atomic E-state index is 11.9. The van der Waals surface area contributed by atoms with Gasteiger partial charge in [-0.1, -0.05) is 19.3 Å². The predicted octanol–water partition coefficient (Wildman–Crippen LogP) is 3.01. The van der Waals surface area contributed by atoms with Crippen LogP contribution in [0.4, 0.5) is 0 Å². The van der Waals surface area contributed by atoms with Crippen LogP contribution in [-0.4, -0.2) is 23.7 Å². The number of aliphatic hydroxyl groups excluding tert-OH is 1. The van der Waals surface area contributed by atoms with Gasteiger partial charge in [0.2, 0.25) is 5.91 Å². The van der Waals surface area contributed by atoms with Crippen molar-refractivity contribution >= 4 is 5.91 Å². The van der Waals surface area contributed by atoms with Crippen LogP contribution in [0.2, 0.25) is 0 Å². The van der Waals surface area contributed by atoms with Crippen molar-refractivity contribution in [1.29, 1.82) is 0 Å². The second-order valence-electron chi connectivity index (χ2n) is 6.49. The number of aliphatic hydroxyl groups is 1. The minimum absolute atomic E-state index is 0.255. The molecule has 110 valence electrons. The maximum absolute atomic E-state index is 11.9. The predicted molar refractivity (Wildman–Crippen MR) is 76.8 cm³/mol. The molecule has 0 aromatic rings. The zero-order valence-electron chi connectivity index (χ0n) is 12.1. The Morgan fingerprint density at radius 1 is 1.00 bits per heavy atom.